The Bertz CT molecular complexity index is 620. The minimum absolute atomic E-state index is 0.0336. The zero-order chi connectivity index (χ0) is 16.2. The summed E-state index contributed by atoms with van der Waals surface area (Å²) in [5.41, 5.74) is 0.186. The van der Waals surface area contributed by atoms with Crippen LogP contribution in [0.3, 0.4) is 0 Å². The Balaban J connectivity index is 3.09. The number of anilines is 1. The quantitative estimate of drug-likeness (QED) is 0.855. The molecule has 1 aromatic rings. The van der Waals surface area contributed by atoms with Crippen LogP contribution in [0.15, 0.2) is 18.2 Å². The molecule has 8 heteroatoms. The van der Waals surface area contributed by atoms with Crippen LogP contribution in [0.25, 0.3) is 0 Å². The van der Waals surface area contributed by atoms with E-state index in [0.717, 1.165) is 17.0 Å². The van der Waals surface area contributed by atoms with Crippen molar-refractivity contribution in [2.45, 2.75) is 26.3 Å². The number of benzene rings is 1. The molecule has 0 saturated carbocycles. The second-order valence-corrected chi connectivity index (χ2v) is 7.41. The van der Waals surface area contributed by atoms with Crippen molar-refractivity contribution in [1.82, 2.24) is 5.32 Å². The standard InChI is InChI=1S/C13H18Cl2N2O3S/c1-4-9(2)16-12(18)8-17(21(3,19)20)11-7-5-6-10(14)13(11)15/h5-7,9H,4,8H2,1-3H3,(H,16,18)/t9-/m0/s1. The highest BCUT2D eigenvalue weighted by atomic mass is 35.5. The number of halogens is 2. The maximum absolute atomic E-state index is 11.9. The second kappa shape index (κ2) is 7.33. The van der Waals surface area contributed by atoms with Crippen molar-refractivity contribution in [2.75, 3.05) is 17.1 Å². The van der Waals surface area contributed by atoms with Gasteiger partial charge in [0.25, 0.3) is 0 Å². The molecule has 0 unspecified atom stereocenters. The number of nitrogens with zero attached hydrogens (tertiary/aromatic N) is 1. The highest BCUT2D eigenvalue weighted by Gasteiger charge is 2.24. The zero-order valence-corrected chi connectivity index (χ0v) is 14.4. The lowest BCUT2D eigenvalue weighted by atomic mass is 10.2. The third-order valence-corrected chi connectivity index (χ3v) is 4.84. The average Bonchev–Trinajstić information content (AvgIpc) is 2.38. The number of amides is 1. The first-order valence-corrected chi connectivity index (χ1v) is 8.98. The molecular weight excluding hydrogens is 335 g/mol. The van der Waals surface area contributed by atoms with Crippen molar-refractivity contribution in [2.24, 2.45) is 0 Å². The molecule has 1 N–H and O–H groups in total. The highest BCUT2D eigenvalue weighted by molar-refractivity contribution is 7.92. The maximum atomic E-state index is 11.9. The van der Waals surface area contributed by atoms with Crippen molar-refractivity contribution < 1.29 is 13.2 Å². The van der Waals surface area contributed by atoms with Crippen molar-refractivity contribution in [3.05, 3.63) is 28.2 Å². The molecule has 0 radical (unpaired) electrons. The molecule has 5 nitrogen and oxygen atoms in total. The summed E-state index contributed by atoms with van der Waals surface area (Å²) in [6.07, 6.45) is 1.77. The van der Waals surface area contributed by atoms with Crippen LogP contribution >= 0.6 is 23.2 Å². The molecule has 0 fully saturated rings. The van der Waals surface area contributed by atoms with Gasteiger partial charge in [0.15, 0.2) is 0 Å². The molecule has 0 aromatic heterocycles. The van der Waals surface area contributed by atoms with Crippen LogP contribution in [0.2, 0.25) is 10.0 Å². The summed E-state index contributed by atoms with van der Waals surface area (Å²) in [5.74, 6) is -0.397. The number of rotatable bonds is 6. The van der Waals surface area contributed by atoms with E-state index in [4.69, 9.17) is 23.2 Å². The van der Waals surface area contributed by atoms with Crippen LogP contribution in [0.1, 0.15) is 20.3 Å². The first-order valence-electron chi connectivity index (χ1n) is 6.38. The van der Waals surface area contributed by atoms with Gasteiger partial charge in [0.1, 0.15) is 6.54 Å². The molecule has 0 saturated heterocycles. The Kier molecular flexibility index (Phi) is 6.31. The van der Waals surface area contributed by atoms with E-state index >= 15 is 0 Å². The Morgan fingerprint density at radius 2 is 2.00 bits per heavy atom. The van der Waals surface area contributed by atoms with E-state index in [0.29, 0.717) is 0 Å². The van der Waals surface area contributed by atoms with Gasteiger partial charge in [-0.3, -0.25) is 9.10 Å². The van der Waals surface area contributed by atoms with Crippen LogP contribution in [0.5, 0.6) is 0 Å². The molecule has 1 aromatic carbocycles. The summed E-state index contributed by atoms with van der Waals surface area (Å²) in [7, 11) is -3.67. The van der Waals surface area contributed by atoms with E-state index in [9.17, 15) is 13.2 Å². The van der Waals surface area contributed by atoms with E-state index in [1.54, 1.807) is 12.1 Å². The number of carbonyl (C=O) groups excluding carboxylic acids is 1. The third-order valence-electron chi connectivity index (χ3n) is 2.91. The Hall–Kier alpha value is -0.980. The number of nitrogens with one attached hydrogen (secondary N) is 1. The fraction of sp³-hybridized carbons (Fsp3) is 0.462. The van der Waals surface area contributed by atoms with Crippen molar-refractivity contribution >= 4 is 44.8 Å². The molecule has 0 aliphatic carbocycles. The van der Waals surface area contributed by atoms with E-state index in [1.807, 2.05) is 13.8 Å². The molecule has 0 aliphatic rings. The molecule has 1 atom stereocenters. The lowest BCUT2D eigenvalue weighted by molar-refractivity contribution is -0.120. The highest BCUT2D eigenvalue weighted by Crippen LogP contribution is 2.33. The largest absolute Gasteiger partial charge is 0.352 e. The first kappa shape index (κ1) is 18.1. The molecule has 0 heterocycles. The summed E-state index contributed by atoms with van der Waals surface area (Å²) in [4.78, 5) is 11.9. The molecule has 0 spiro atoms. The van der Waals surface area contributed by atoms with Gasteiger partial charge in [-0.25, -0.2) is 8.42 Å². The van der Waals surface area contributed by atoms with Gasteiger partial charge >= 0.3 is 0 Å². The topological polar surface area (TPSA) is 66.5 Å². The summed E-state index contributed by atoms with van der Waals surface area (Å²) >= 11 is 11.9. The number of hydrogen-bond acceptors (Lipinski definition) is 3. The number of hydrogen-bond donors (Lipinski definition) is 1. The van der Waals surface area contributed by atoms with Gasteiger partial charge in [0, 0.05) is 6.04 Å². The minimum Gasteiger partial charge on any atom is -0.352 e. The van der Waals surface area contributed by atoms with Crippen molar-refractivity contribution in [1.29, 1.82) is 0 Å². The third kappa shape index (κ3) is 5.05. The zero-order valence-electron chi connectivity index (χ0n) is 12.1. The van der Waals surface area contributed by atoms with E-state index in [2.05, 4.69) is 5.32 Å². The van der Waals surface area contributed by atoms with Crippen LogP contribution < -0.4 is 9.62 Å². The molecular formula is C13H18Cl2N2O3S. The van der Waals surface area contributed by atoms with Crippen molar-refractivity contribution in [3.8, 4) is 0 Å². The lowest BCUT2D eigenvalue weighted by Gasteiger charge is -2.24. The smallest absolute Gasteiger partial charge is 0.240 e. The van der Waals surface area contributed by atoms with Gasteiger partial charge in [-0.15, -0.1) is 0 Å². The van der Waals surface area contributed by atoms with Gasteiger partial charge in [0.2, 0.25) is 15.9 Å². The number of carbonyl (C=O) groups is 1. The Morgan fingerprint density at radius 1 is 1.38 bits per heavy atom. The van der Waals surface area contributed by atoms with E-state index < -0.39 is 15.9 Å². The fourth-order valence-corrected chi connectivity index (χ4v) is 2.93. The summed E-state index contributed by atoms with van der Waals surface area (Å²) in [6, 6.07) is 4.60. The van der Waals surface area contributed by atoms with Crippen LogP contribution in [-0.2, 0) is 14.8 Å². The lowest BCUT2D eigenvalue weighted by Crippen LogP contribution is -2.43. The molecule has 21 heavy (non-hydrogen) atoms. The normalized spacial score (nSPS) is 12.8. The molecule has 1 amide bonds. The first-order chi connectivity index (χ1) is 9.66. The summed E-state index contributed by atoms with van der Waals surface area (Å²) < 4.78 is 24.8. The monoisotopic (exact) mass is 352 g/mol. The fourth-order valence-electron chi connectivity index (χ4n) is 1.62. The summed E-state index contributed by atoms with van der Waals surface area (Å²) in [6.45, 7) is 3.42. The van der Waals surface area contributed by atoms with Gasteiger partial charge in [-0.2, -0.15) is 0 Å². The van der Waals surface area contributed by atoms with Crippen LogP contribution in [0.4, 0.5) is 5.69 Å². The Labute approximate surface area is 135 Å². The van der Waals surface area contributed by atoms with Crippen LogP contribution in [0, 0.1) is 0 Å². The maximum Gasteiger partial charge on any atom is 0.240 e. The Morgan fingerprint density at radius 3 is 2.52 bits per heavy atom. The van der Waals surface area contributed by atoms with Gasteiger partial charge in [0.05, 0.1) is 22.0 Å². The second-order valence-electron chi connectivity index (χ2n) is 4.72. The number of sulfonamides is 1. The molecule has 1 rings (SSSR count). The molecule has 0 aliphatic heterocycles. The van der Waals surface area contributed by atoms with E-state index in [1.165, 1.54) is 6.07 Å². The summed E-state index contributed by atoms with van der Waals surface area (Å²) in [5, 5.41) is 3.04. The predicted molar refractivity (Wildman–Crippen MR) is 86.5 cm³/mol. The minimum atomic E-state index is -3.67. The van der Waals surface area contributed by atoms with Crippen LogP contribution in [-0.4, -0.2) is 33.2 Å². The molecule has 0 bridgehead atoms. The molecule has 118 valence electrons. The van der Waals surface area contributed by atoms with Crippen molar-refractivity contribution in [3.63, 3.8) is 0 Å². The van der Waals surface area contributed by atoms with Gasteiger partial charge in [-0.05, 0) is 25.5 Å². The van der Waals surface area contributed by atoms with Gasteiger partial charge < -0.3 is 5.32 Å². The SMILES string of the molecule is CC[C@H](C)NC(=O)CN(c1cccc(Cl)c1Cl)S(C)(=O)=O. The average molecular weight is 353 g/mol. The predicted octanol–water partition coefficient (Wildman–Crippen LogP) is 2.67. The van der Waals surface area contributed by atoms with Gasteiger partial charge in [-0.1, -0.05) is 36.2 Å². The van der Waals surface area contributed by atoms with E-state index in [-0.39, 0.29) is 28.3 Å².